The molecule has 0 fully saturated rings. The van der Waals surface area contributed by atoms with Crippen LogP contribution in [0.3, 0.4) is 0 Å². The molecule has 6 heteroatoms. The average Bonchev–Trinajstić information content (AvgIpc) is 2.99. The van der Waals surface area contributed by atoms with Crippen LogP contribution in [0.5, 0.6) is 0 Å². The van der Waals surface area contributed by atoms with Gasteiger partial charge in [-0.15, -0.1) is 10.2 Å². The first-order valence-corrected chi connectivity index (χ1v) is 8.47. The van der Waals surface area contributed by atoms with Crippen LogP contribution in [-0.4, -0.2) is 31.2 Å². The van der Waals surface area contributed by atoms with Gasteiger partial charge in [0.05, 0.1) is 5.25 Å². The Morgan fingerprint density at radius 2 is 1.79 bits per heavy atom. The molecule has 4 aromatic rings. The van der Waals surface area contributed by atoms with Crippen molar-refractivity contribution in [1.29, 1.82) is 0 Å². The van der Waals surface area contributed by atoms with E-state index in [1.807, 2.05) is 61.5 Å². The van der Waals surface area contributed by atoms with Gasteiger partial charge in [0, 0.05) is 16.5 Å². The van der Waals surface area contributed by atoms with Gasteiger partial charge in [0.25, 0.3) is 0 Å². The monoisotopic (exact) mass is 334 g/mol. The van der Waals surface area contributed by atoms with Gasteiger partial charge in [-0.2, -0.15) is 0 Å². The Bertz CT molecular complexity index is 1030. The van der Waals surface area contributed by atoms with Crippen LogP contribution in [0.1, 0.15) is 17.3 Å². The third kappa shape index (κ3) is 2.65. The molecule has 0 aliphatic carbocycles. The topological polar surface area (TPSA) is 71.5 Å². The van der Waals surface area contributed by atoms with Crippen molar-refractivity contribution in [3.8, 4) is 0 Å². The Balaban J connectivity index is 1.62. The van der Waals surface area contributed by atoms with E-state index in [9.17, 15) is 4.79 Å². The van der Waals surface area contributed by atoms with Gasteiger partial charge in [-0.1, -0.05) is 60.3 Å². The molecule has 4 rings (SSSR count). The first-order chi connectivity index (χ1) is 11.7. The van der Waals surface area contributed by atoms with Gasteiger partial charge in [0.15, 0.2) is 11.4 Å². The number of hydrogen-bond acceptors (Lipinski definition) is 5. The zero-order valence-corrected chi connectivity index (χ0v) is 13.7. The molecule has 0 saturated carbocycles. The molecule has 24 heavy (non-hydrogen) atoms. The fourth-order valence-electron chi connectivity index (χ4n) is 2.60. The molecule has 2 aromatic carbocycles. The molecule has 5 nitrogen and oxygen atoms in total. The molecule has 2 heterocycles. The van der Waals surface area contributed by atoms with Crippen molar-refractivity contribution in [2.24, 2.45) is 0 Å². The average molecular weight is 334 g/mol. The minimum Gasteiger partial charge on any atom is -0.338 e. The number of ketones is 1. The third-order valence-corrected chi connectivity index (χ3v) is 4.76. The summed E-state index contributed by atoms with van der Waals surface area (Å²) >= 11 is 1.32. The Morgan fingerprint density at radius 3 is 2.62 bits per heavy atom. The van der Waals surface area contributed by atoms with E-state index in [1.165, 1.54) is 11.8 Å². The van der Waals surface area contributed by atoms with Gasteiger partial charge in [-0.3, -0.25) is 4.79 Å². The van der Waals surface area contributed by atoms with E-state index in [0.29, 0.717) is 16.4 Å². The summed E-state index contributed by atoms with van der Waals surface area (Å²) in [6.07, 6.45) is 0. The first-order valence-electron chi connectivity index (χ1n) is 7.59. The second-order valence-electron chi connectivity index (χ2n) is 5.45. The van der Waals surface area contributed by atoms with Crippen LogP contribution in [0.2, 0.25) is 0 Å². The van der Waals surface area contributed by atoms with Crippen LogP contribution in [0.4, 0.5) is 0 Å². The van der Waals surface area contributed by atoms with E-state index < -0.39 is 0 Å². The predicted molar refractivity (Wildman–Crippen MR) is 95.3 cm³/mol. The van der Waals surface area contributed by atoms with Crippen molar-refractivity contribution in [3.63, 3.8) is 0 Å². The minimum absolute atomic E-state index is 0.0564. The molecule has 0 saturated heterocycles. The zero-order chi connectivity index (χ0) is 16.5. The number of H-pyrrole nitrogens is 1. The third-order valence-electron chi connectivity index (χ3n) is 3.81. The molecule has 0 aliphatic heterocycles. The smallest absolute Gasteiger partial charge is 0.211 e. The van der Waals surface area contributed by atoms with Gasteiger partial charge in [-0.25, -0.2) is 4.98 Å². The van der Waals surface area contributed by atoms with Crippen molar-refractivity contribution in [2.75, 3.05) is 0 Å². The Kier molecular flexibility index (Phi) is 3.74. The number of benzene rings is 2. The molecule has 1 N–H and O–H groups in total. The minimum atomic E-state index is -0.281. The lowest BCUT2D eigenvalue weighted by Crippen LogP contribution is -2.14. The van der Waals surface area contributed by atoms with Crippen molar-refractivity contribution in [3.05, 3.63) is 60.2 Å². The van der Waals surface area contributed by atoms with Crippen LogP contribution in [0, 0.1) is 0 Å². The van der Waals surface area contributed by atoms with E-state index in [-0.39, 0.29) is 11.0 Å². The number of aromatic nitrogens is 4. The van der Waals surface area contributed by atoms with Crippen molar-refractivity contribution >= 4 is 39.6 Å². The van der Waals surface area contributed by atoms with Gasteiger partial charge in [0.1, 0.15) is 5.52 Å². The summed E-state index contributed by atoms with van der Waals surface area (Å²) in [5.74, 6) is 0.0564. The maximum atomic E-state index is 12.4. The molecular formula is C18H14N4OS. The molecule has 0 radical (unpaired) electrons. The molecule has 118 valence electrons. The number of nitrogens with one attached hydrogen (secondary N) is 1. The van der Waals surface area contributed by atoms with E-state index >= 15 is 0 Å². The molecule has 0 aliphatic rings. The Morgan fingerprint density at radius 1 is 1.04 bits per heavy atom. The van der Waals surface area contributed by atoms with Crippen LogP contribution >= 0.6 is 11.8 Å². The lowest BCUT2D eigenvalue weighted by molar-refractivity contribution is 0.0994. The molecule has 0 amide bonds. The molecular weight excluding hydrogens is 320 g/mol. The molecule has 1 atom stereocenters. The van der Waals surface area contributed by atoms with Gasteiger partial charge in [-0.05, 0) is 13.0 Å². The van der Waals surface area contributed by atoms with Crippen LogP contribution < -0.4 is 0 Å². The number of fused-ring (bicyclic) bond motifs is 3. The van der Waals surface area contributed by atoms with E-state index in [1.54, 1.807) is 0 Å². The van der Waals surface area contributed by atoms with E-state index in [2.05, 4.69) is 20.2 Å². The highest BCUT2D eigenvalue weighted by Gasteiger charge is 2.18. The summed E-state index contributed by atoms with van der Waals surface area (Å²) in [6.45, 7) is 1.86. The Labute approximate surface area is 142 Å². The molecule has 1 unspecified atom stereocenters. The molecule has 2 aromatic heterocycles. The first kappa shape index (κ1) is 14.8. The predicted octanol–water partition coefficient (Wildman–Crippen LogP) is 3.87. The Hall–Kier alpha value is -2.73. The fraction of sp³-hybridized carbons (Fsp3) is 0.111. The maximum Gasteiger partial charge on any atom is 0.211 e. The largest absolute Gasteiger partial charge is 0.338 e. The summed E-state index contributed by atoms with van der Waals surface area (Å²) in [5, 5.41) is 9.66. The number of carbonyl (C=O) groups excluding carboxylic acids is 1. The number of carbonyl (C=O) groups is 1. The van der Waals surface area contributed by atoms with Crippen LogP contribution in [-0.2, 0) is 0 Å². The summed E-state index contributed by atoms with van der Waals surface area (Å²) in [6, 6.07) is 17.1. The van der Waals surface area contributed by atoms with E-state index in [0.717, 1.165) is 16.4 Å². The second-order valence-corrected chi connectivity index (χ2v) is 6.76. The van der Waals surface area contributed by atoms with E-state index in [4.69, 9.17) is 0 Å². The number of hydrogen-bond donors (Lipinski definition) is 1. The number of thioether (sulfide) groups is 1. The fourth-order valence-corrected chi connectivity index (χ4v) is 3.40. The number of aromatic amines is 1. The molecule has 0 bridgehead atoms. The standard InChI is InChI=1S/C18H14N4OS/c1-11(16(23)12-7-3-2-4-8-12)24-18-20-17-15(21-22-18)13-9-5-6-10-14(13)19-17/h2-11H,1H3,(H,19,20,22). The van der Waals surface area contributed by atoms with Crippen LogP contribution in [0.25, 0.3) is 22.1 Å². The van der Waals surface area contributed by atoms with Crippen molar-refractivity contribution < 1.29 is 4.79 Å². The zero-order valence-electron chi connectivity index (χ0n) is 12.9. The lowest BCUT2D eigenvalue weighted by atomic mass is 10.1. The van der Waals surface area contributed by atoms with Gasteiger partial charge < -0.3 is 4.98 Å². The highest BCUT2D eigenvalue weighted by molar-refractivity contribution is 8.00. The number of Topliss-reactive ketones (excluding diaryl/α,β-unsaturated/α-hetero) is 1. The number of para-hydroxylation sites is 1. The number of rotatable bonds is 4. The maximum absolute atomic E-state index is 12.4. The normalized spacial score (nSPS) is 12.5. The van der Waals surface area contributed by atoms with Crippen molar-refractivity contribution in [2.45, 2.75) is 17.3 Å². The summed E-state index contributed by atoms with van der Waals surface area (Å²) in [5.41, 5.74) is 3.10. The second kappa shape index (κ2) is 6.05. The van der Waals surface area contributed by atoms with Crippen LogP contribution in [0.15, 0.2) is 59.8 Å². The number of nitrogens with zero attached hydrogens (tertiary/aromatic N) is 3. The molecule has 0 spiro atoms. The summed E-state index contributed by atoms with van der Waals surface area (Å²) in [7, 11) is 0. The van der Waals surface area contributed by atoms with Gasteiger partial charge in [0.2, 0.25) is 5.16 Å². The highest BCUT2D eigenvalue weighted by Crippen LogP contribution is 2.26. The summed E-state index contributed by atoms with van der Waals surface area (Å²) in [4.78, 5) is 20.2. The highest BCUT2D eigenvalue weighted by atomic mass is 32.2. The quantitative estimate of drug-likeness (QED) is 0.453. The SMILES string of the molecule is CC(Sc1nnc2c(n1)[nH]c1ccccc12)C(=O)c1ccccc1. The van der Waals surface area contributed by atoms with Gasteiger partial charge >= 0.3 is 0 Å². The summed E-state index contributed by atoms with van der Waals surface area (Å²) < 4.78 is 0. The lowest BCUT2D eigenvalue weighted by Gasteiger charge is -2.08. The van der Waals surface area contributed by atoms with Crippen molar-refractivity contribution in [1.82, 2.24) is 20.2 Å².